The SMILES string of the molecule is NCCc1cnc2nccnn12. The van der Waals surface area contributed by atoms with E-state index in [1.165, 1.54) is 0 Å². The van der Waals surface area contributed by atoms with Crippen molar-refractivity contribution in [2.24, 2.45) is 5.73 Å². The number of fused-ring (bicyclic) bond motifs is 1. The lowest BCUT2D eigenvalue weighted by Crippen LogP contribution is -2.06. The largest absolute Gasteiger partial charge is 0.330 e. The van der Waals surface area contributed by atoms with Crippen molar-refractivity contribution in [2.75, 3.05) is 6.54 Å². The van der Waals surface area contributed by atoms with Gasteiger partial charge in [0.1, 0.15) is 0 Å². The third-order valence-corrected chi connectivity index (χ3v) is 1.63. The topological polar surface area (TPSA) is 69.1 Å². The molecular formula is C7H9N5. The molecule has 0 spiro atoms. The summed E-state index contributed by atoms with van der Waals surface area (Å²) in [6, 6.07) is 0. The van der Waals surface area contributed by atoms with E-state index in [2.05, 4.69) is 15.1 Å². The molecule has 0 radical (unpaired) electrons. The molecule has 0 saturated heterocycles. The van der Waals surface area contributed by atoms with Crippen molar-refractivity contribution in [3.05, 3.63) is 24.3 Å². The molecule has 12 heavy (non-hydrogen) atoms. The van der Waals surface area contributed by atoms with Crippen LogP contribution in [0.4, 0.5) is 0 Å². The molecule has 2 heterocycles. The number of hydrogen-bond donors (Lipinski definition) is 1. The lowest BCUT2D eigenvalue weighted by molar-refractivity contribution is 0.812. The van der Waals surface area contributed by atoms with Crippen LogP contribution in [-0.2, 0) is 6.42 Å². The molecule has 0 atom stereocenters. The van der Waals surface area contributed by atoms with Gasteiger partial charge in [-0.2, -0.15) is 5.10 Å². The first-order valence-electron chi connectivity index (χ1n) is 3.75. The minimum absolute atomic E-state index is 0.602. The zero-order valence-corrected chi connectivity index (χ0v) is 6.51. The molecule has 62 valence electrons. The molecule has 0 aliphatic carbocycles. The fraction of sp³-hybridized carbons (Fsp3) is 0.286. The lowest BCUT2D eigenvalue weighted by Gasteiger charge is -1.95. The van der Waals surface area contributed by atoms with Gasteiger partial charge in [0.05, 0.1) is 24.3 Å². The quantitative estimate of drug-likeness (QED) is 0.655. The number of hydrogen-bond acceptors (Lipinski definition) is 4. The molecule has 2 rings (SSSR count). The smallest absolute Gasteiger partial charge is 0.250 e. The number of rotatable bonds is 2. The van der Waals surface area contributed by atoms with Gasteiger partial charge < -0.3 is 5.73 Å². The van der Waals surface area contributed by atoms with Gasteiger partial charge in [0.2, 0.25) is 0 Å². The Balaban J connectivity index is 2.55. The van der Waals surface area contributed by atoms with E-state index in [1.54, 1.807) is 23.1 Å². The maximum atomic E-state index is 5.42. The van der Waals surface area contributed by atoms with Gasteiger partial charge in [0.15, 0.2) is 0 Å². The van der Waals surface area contributed by atoms with Crippen LogP contribution in [0.25, 0.3) is 5.78 Å². The van der Waals surface area contributed by atoms with Crippen molar-refractivity contribution in [1.82, 2.24) is 19.6 Å². The molecule has 0 amide bonds. The average molecular weight is 163 g/mol. The fourth-order valence-corrected chi connectivity index (χ4v) is 1.10. The summed E-state index contributed by atoms with van der Waals surface area (Å²) in [6.07, 6.45) is 5.78. The predicted octanol–water partition coefficient (Wildman–Crippen LogP) is -0.375. The minimum Gasteiger partial charge on any atom is -0.330 e. The normalized spacial score (nSPS) is 10.8. The van der Waals surface area contributed by atoms with Crippen LogP contribution in [0.2, 0.25) is 0 Å². The lowest BCUT2D eigenvalue weighted by atomic mass is 10.3. The summed E-state index contributed by atoms with van der Waals surface area (Å²) >= 11 is 0. The van der Waals surface area contributed by atoms with Crippen LogP contribution in [0.3, 0.4) is 0 Å². The van der Waals surface area contributed by atoms with E-state index in [0.29, 0.717) is 12.3 Å². The Morgan fingerprint density at radius 1 is 1.33 bits per heavy atom. The van der Waals surface area contributed by atoms with Crippen molar-refractivity contribution in [2.45, 2.75) is 6.42 Å². The third kappa shape index (κ3) is 1.04. The van der Waals surface area contributed by atoms with E-state index >= 15 is 0 Å². The Bertz CT molecular complexity index is 380. The molecule has 2 aromatic heterocycles. The molecule has 0 unspecified atom stereocenters. The van der Waals surface area contributed by atoms with Crippen molar-refractivity contribution in [3.63, 3.8) is 0 Å². The van der Waals surface area contributed by atoms with E-state index in [0.717, 1.165) is 12.1 Å². The summed E-state index contributed by atoms with van der Waals surface area (Å²) in [5.74, 6) is 0.626. The third-order valence-electron chi connectivity index (χ3n) is 1.63. The molecule has 0 fully saturated rings. The van der Waals surface area contributed by atoms with Gasteiger partial charge >= 0.3 is 0 Å². The summed E-state index contributed by atoms with van der Waals surface area (Å²) in [7, 11) is 0. The van der Waals surface area contributed by atoms with E-state index in [1.807, 2.05) is 0 Å². The van der Waals surface area contributed by atoms with Gasteiger partial charge in [-0.15, -0.1) is 0 Å². The van der Waals surface area contributed by atoms with Crippen molar-refractivity contribution in [1.29, 1.82) is 0 Å². The zero-order chi connectivity index (χ0) is 8.39. The standard InChI is InChI=1S/C7H9N5/c8-2-1-6-5-10-7-9-3-4-11-12(6)7/h3-5H,1-2,8H2. The molecule has 5 heteroatoms. The fourth-order valence-electron chi connectivity index (χ4n) is 1.10. The van der Waals surface area contributed by atoms with Crippen LogP contribution in [0.15, 0.2) is 18.6 Å². The summed E-state index contributed by atoms with van der Waals surface area (Å²) < 4.78 is 1.70. The summed E-state index contributed by atoms with van der Waals surface area (Å²) in [4.78, 5) is 8.10. The first-order chi connectivity index (χ1) is 5.92. The van der Waals surface area contributed by atoms with Crippen LogP contribution in [0, 0.1) is 0 Å². The molecule has 2 N–H and O–H groups in total. The van der Waals surface area contributed by atoms with Crippen molar-refractivity contribution in [3.8, 4) is 0 Å². The molecule has 5 nitrogen and oxygen atoms in total. The van der Waals surface area contributed by atoms with Crippen LogP contribution in [-0.4, -0.2) is 26.1 Å². The number of nitrogens with two attached hydrogens (primary N) is 1. The van der Waals surface area contributed by atoms with E-state index in [-0.39, 0.29) is 0 Å². The maximum Gasteiger partial charge on any atom is 0.250 e. The van der Waals surface area contributed by atoms with Gasteiger partial charge in [-0.1, -0.05) is 0 Å². The van der Waals surface area contributed by atoms with E-state index < -0.39 is 0 Å². The average Bonchev–Trinajstić information content (AvgIpc) is 2.50. The highest BCUT2D eigenvalue weighted by molar-refractivity contribution is 5.27. The molecule has 2 aromatic rings. The Labute approximate surface area is 69.2 Å². The molecule has 0 aliphatic rings. The van der Waals surface area contributed by atoms with E-state index in [9.17, 15) is 0 Å². The van der Waals surface area contributed by atoms with Crippen LogP contribution < -0.4 is 5.73 Å². The molecular weight excluding hydrogens is 154 g/mol. The first kappa shape index (κ1) is 7.17. The highest BCUT2D eigenvalue weighted by Crippen LogP contribution is 2.00. The number of nitrogens with zero attached hydrogens (tertiary/aromatic N) is 4. The second kappa shape index (κ2) is 2.86. The number of aromatic nitrogens is 4. The number of imidazole rings is 1. The summed E-state index contributed by atoms with van der Waals surface area (Å²) in [5, 5.41) is 4.10. The van der Waals surface area contributed by atoms with Crippen molar-refractivity contribution >= 4 is 5.78 Å². The summed E-state index contributed by atoms with van der Waals surface area (Å²) in [6.45, 7) is 0.602. The Hall–Kier alpha value is -1.49. The van der Waals surface area contributed by atoms with Gasteiger partial charge in [0.25, 0.3) is 5.78 Å². The minimum atomic E-state index is 0.602. The Morgan fingerprint density at radius 2 is 2.25 bits per heavy atom. The molecule has 0 aromatic carbocycles. The van der Waals surface area contributed by atoms with Crippen LogP contribution >= 0.6 is 0 Å². The van der Waals surface area contributed by atoms with Gasteiger partial charge in [-0.25, -0.2) is 14.5 Å². The second-order valence-electron chi connectivity index (χ2n) is 2.44. The molecule has 0 aliphatic heterocycles. The Kier molecular flexibility index (Phi) is 1.71. The highest BCUT2D eigenvalue weighted by atomic mass is 15.3. The van der Waals surface area contributed by atoms with Crippen LogP contribution in [0.1, 0.15) is 5.69 Å². The highest BCUT2D eigenvalue weighted by Gasteiger charge is 2.01. The van der Waals surface area contributed by atoms with E-state index in [4.69, 9.17) is 5.73 Å². The van der Waals surface area contributed by atoms with Crippen molar-refractivity contribution < 1.29 is 0 Å². The molecule has 0 bridgehead atoms. The zero-order valence-electron chi connectivity index (χ0n) is 6.51. The summed E-state index contributed by atoms with van der Waals surface area (Å²) in [5.41, 5.74) is 6.42. The van der Waals surface area contributed by atoms with Gasteiger partial charge in [-0.05, 0) is 6.54 Å². The predicted molar refractivity (Wildman–Crippen MR) is 43.5 cm³/mol. The first-order valence-corrected chi connectivity index (χ1v) is 3.75. The van der Waals surface area contributed by atoms with Crippen LogP contribution in [0.5, 0.6) is 0 Å². The Morgan fingerprint density at radius 3 is 3.08 bits per heavy atom. The monoisotopic (exact) mass is 163 g/mol. The maximum absolute atomic E-state index is 5.42. The van der Waals surface area contributed by atoms with Gasteiger partial charge in [-0.3, -0.25) is 0 Å². The molecule has 0 saturated carbocycles. The van der Waals surface area contributed by atoms with Gasteiger partial charge in [0, 0.05) is 6.42 Å². The second-order valence-corrected chi connectivity index (χ2v) is 2.44.